The van der Waals surface area contributed by atoms with Gasteiger partial charge in [-0.05, 0) is 97.4 Å². The van der Waals surface area contributed by atoms with Gasteiger partial charge in [-0.2, -0.15) is 13.2 Å². The molecule has 0 aromatic heterocycles. The second kappa shape index (κ2) is 15.3. The van der Waals surface area contributed by atoms with Gasteiger partial charge in [-0.15, -0.1) is 0 Å². The van der Waals surface area contributed by atoms with Crippen LogP contribution < -0.4 is 0 Å². The van der Waals surface area contributed by atoms with Gasteiger partial charge in [0, 0.05) is 24.1 Å². The molecule has 252 valence electrons. The summed E-state index contributed by atoms with van der Waals surface area (Å²) in [5.41, 5.74) is 2.96. The molecular weight excluding hydrogens is 618 g/mol. The summed E-state index contributed by atoms with van der Waals surface area (Å²) in [4.78, 5) is 29.3. The number of alkyl halides is 3. The van der Waals surface area contributed by atoms with Gasteiger partial charge in [0.15, 0.2) is 5.78 Å². The van der Waals surface area contributed by atoms with Crippen LogP contribution in [-0.2, 0) is 19.0 Å². The second-order valence-electron chi connectivity index (χ2n) is 13.0. The summed E-state index contributed by atoms with van der Waals surface area (Å²) in [5, 5.41) is 11.3. The summed E-state index contributed by atoms with van der Waals surface area (Å²) in [7, 11) is 0. The third-order valence-electron chi connectivity index (χ3n) is 9.47. The van der Waals surface area contributed by atoms with E-state index in [9.17, 15) is 32.3 Å². The van der Waals surface area contributed by atoms with Crippen molar-refractivity contribution in [3.8, 4) is 0 Å². The lowest BCUT2D eigenvalue weighted by atomic mass is 9.85. The van der Waals surface area contributed by atoms with Crippen molar-refractivity contribution in [2.75, 3.05) is 6.54 Å². The number of aliphatic hydroxyl groups excluding tert-OH is 1. The third kappa shape index (κ3) is 8.58. The molecule has 1 amide bonds. The van der Waals surface area contributed by atoms with Crippen LogP contribution in [0, 0.1) is 24.6 Å². The Balaban J connectivity index is 1.29. The minimum Gasteiger partial charge on any atom is -0.393 e. The molecule has 1 aliphatic rings. The normalized spacial score (nSPS) is 17.7. The topological polar surface area (TPSA) is 57.6 Å². The van der Waals surface area contributed by atoms with Crippen molar-refractivity contribution in [2.45, 2.75) is 70.7 Å². The van der Waals surface area contributed by atoms with Crippen LogP contribution in [-0.4, -0.2) is 34.3 Å². The van der Waals surface area contributed by atoms with Crippen molar-refractivity contribution < 1.29 is 32.3 Å². The Labute approximate surface area is 279 Å². The number of carbonyl (C=O) groups is 2. The number of Topliss-reactive ketones (excluding diaryl/α,β-unsaturated/α-hetero) is 1. The first-order valence-electron chi connectivity index (χ1n) is 16.5. The van der Waals surface area contributed by atoms with E-state index in [0.717, 1.165) is 29.7 Å². The molecule has 0 bridgehead atoms. The molecule has 48 heavy (non-hydrogen) atoms. The molecule has 0 saturated carbocycles. The monoisotopic (exact) mass is 659 g/mol. The first kappa shape index (κ1) is 35.0. The maximum absolute atomic E-state index is 14.0. The number of aliphatic hydroxyl groups is 1. The Bertz CT molecular complexity index is 1720. The van der Waals surface area contributed by atoms with Crippen LogP contribution in [0.1, 0.15) is 87.2 Å². The van der Waals surface area contributed by atoms with Gasteiger partial charge in [0.2, 0.25) is 0 Å². The number of ketones is 1. The predicted octanol–water partition coefficient (Wildman–Crippen LogP) is 9.19. The Morgan fingerprint density at radius 2 is 1.60 bits per heavy atom. The number of carbonyl (C=O) groups excluding carboxylic acids is 2. The highest BCUT2D eigenvalue weighted by molar-refractivity contribution is 6.01. The van der Waals surface area contributed by atoms with Crippen LogP contribution in [0.4, 0.5) is 17.6 Å². The summed E-state index contributed by atoms with van der Waals surface area (Å²) in [6, 6.07) is 26.2. The molecule has 4 aromatic rings. The lowest BCUT2D eigenvalue weighted by molar-refractivity contribution is -0.137. The number of benzene rings is 4. The maximum atomic E-state index is 14.0. The fourth-order valence-corrected chi connectivity index (χ4v) is 6.80. The molecule has 4 aromatic carbocycles. The lowest BCUT2D eigenvalue weighted by Crippen LogP contribution is -2.32. The van der Waals surface area contributed by atoms with E-state index in [1.165, 1.54) is 12.1 Å². The van der Waals surface area contributed by atoms with Gasteiger partial charge in [-0.3, -0.25) is 9.59 Å². The number of aryl methyl sites for hydroxylation is 2. The Morgan fingerprint density at radius 1 is 0.896 bits per heavy atom. The molecule has 0 aliphatic carbocycles. The first-order valence-corrected chi connectivity index (χ1v) is 16.5. The molecule has 1 saturated heterocycles. The minimum absolute atomic E-state index is 0.0372. The van der Waals surface area contributed by atoms with Crippen LogP contribution in [0.5, 0.6) is 0 Å². The maximum Gasteiger partial charge on any atom is 0.416 e. The van der Waals surface area contributed by atoms with Crippen LogP contribution in [0.3, 0.4) is 0 Å². The molecule has 1 fully saturated rings. The number of nitrogens with zero attached hydrogens (tertiary/aromatic N) is 1. The van der Waals surface area contributed by atoms with Gasteiger partial charge < -0.3 is 10.0 Å². The Kier molecular flexibility index (Phi) is 11.2. The van der Waals surface area contributed by atoms with Crippen molar-refractivity contribution in [3.05, 3.63) is 142 Å². The molecular formula is C40H41F4NO3. The summed E-state index contributed by atoms with van der Waals surface area (Å²) >= 11 is 0. The Hall–Kier alpha value is -4.30. The van der Waals surface area contributed by atoms with Crippen molar-refractivity contribution in [2.24, 2.45) is 11.8 Å². The molecule has 1 N–H and O–H groups in total. The fraction of sp³-hybridized carbons (Fsp3) is 0.350. The number of amides is 1. The average molecular weight is 660 g/mol. The lowest BCUT2D eigenvalue weighted by Gasteiger charge is -2.28. The van der Waals surface area contributed by atoms with Crippen LogP contribution in [0.2, 0.25) is 0 Å². The highest BCUT2D eigenvalue weighted by Gasteiger charge is 2.36. The number of rotatable bonds is 12. The van der Waals surface area contributed by atoms with E-state index < -0.39 is 23.8 Å². The zero-order valence-corrected chi connectivity index (χ0v) is 27.2. The molecule has 8 heteroatoms. The van der Waals surface area contributed by atoms with E-state index in [1.54, 1.807) is 54.3 Å². The highest BCUT2D eigenvalue weighted by Crippen LogP contribution is 2.38. The highest BCUT2D eigenvalue weighted by atomic mass is 19.4. The molecule has 0 spiro atoms. The summed E-state index contributed by atoms with van der Waals surface area (Å²) in [6.45, 7) is 4.33. The van der Waals surface area contributed by atoms with E-state index in [4.69, 9.17) is 0 Å². The SMILES string of the molecule is Cc1cc(C2C(C)CCN2C(=O)c2cccc(C(=O)C[C@@H](Cc3ccccc3)[C@H](O)CCCc3cccc(C(F)(F)F)c3)c2)ccc1F. The molecule has 4 atom stereocenters. The minimum atomic E-state index is -4.42. The smallest absolute Gasteiger partial charge is 0.393 e. The van der Waals surface area contributed by atoms with E-state index in [0.29, 0.717) is 54.5 Å². The van der Waals surface area contributed by atoms with Crippen molar-refractivity contribution in [1.82, 2.24) is 4.90 Å². The third-order valence-corrected chi connectivity index (χ3v) is 9.47. The summed E-state index contributed by atoms with van der Waals surface area (Å²) in [5.74, 6) is -0.955. The molecule has 1 heterocycles. The average Bonchev–Trinajstić information content (AvgIpc) is 3.46. The number of likely N-dealkylation sites (tertiary alicyclic amines) is 1. The molecule has 4 nitrogen and oxygen atoms in total. The van der Waals surface area contributed by atoms with E-state index in [1.807, 2.05) is 30.3 Å². The summed E-state index contributed by atoms with van der Waals surface area (Å²) in [6.07, 6.45) is -2.87. The predicted molar refractivity (Wildman–Crippen MR) is 178 cm³/mol. The molecule has 2 unspecified atom stereocenters. The van der Waals surface area contributed by atoms with Gasteiger partial charge >= 0.3 is 6.18 Å². The van der Waals surface area contributed by atoms with Crippen LogP contribution >= 0.6 is 0 Å². The van der Waals surface area contributed by atoms with E-state index >= 15 is 0 Å². The van der Waals surface area contributed by atoms with Gasteiger partial charge in [0.25, 0.3) is 5.91 Å². The molecule has 5 rings (SSSR count). The van der Waals surface area contributed by atoms with Crippen LogP contribution in [0.15, 0.2) is 97.1 Å². The van der Waals surface area contributed by atoms with Crippen LogP contribution in [0.25, 0.3) is 0 Å². The number of halogens is 4. The molecule has 0 radical (unpaired) electrons. The van der Waals surface area contributed by atoms with Crippen molar-refractivity contribution >= 4 is 11.7 Å². The zero-order valence-electron chi connectivity index (χ0n) is 27.2. The summed E-state index contributed by atoms with van der Waals surface area (Å²) < 4.78 is 53.5. The van der Waals surface area contributed by atoms with E-state index in [-0.39, 0.29) is 35.9 Å². The fourth-order valence-electron chi connectivity index (χ4n) is 6.80. The van der Waals surface area contributed by atoms with Gasteiger partial charge in [-0.1, -0.05) is 79.7 Å². The standard InChI is InChI=1S/C40H41F4NO3/c1-26-19-20-45(38(26)31-17-18-35(41)27(2)21-31)39(48)32-14-8-13-30(24-32)37(47)25-33(22-28-9-4-3-5-10-28)36(46)16-7-12-29-11-6-15-34(23-29)40(42,43)44/h3-6,8-11,13-15,17-18,21,23-24,26,33,36,38,46H,7,12,16,19-20,22,25H2,1-2H3/t26?,33-,36-,38?/m1/s1. The van der Waals surface area contributed by atoms with Gasteiger partial charge in [0.05, 0.1) is 17.7 Å². The Morgan fingerprint density at radius 3 is 2.33 bits per heavy atom. The van der Waals surface area contributed by atoms with Crippen molar-refractivity contribution in [1.29, 1.82) is 0 Å². The van der Waals surface area contributed by atoms with Gasteiger partial charge in [0.1, 0.15) is 5.82 Å². The van der Waals surface area contributed by atoms with Gasteiger partial charge in [-0.25, -0.2) is 4.39 Å². The first-order chi connectivity index (χ1) is 22.9. The number of hydrogen-bond donors (Lipinski definition) is 1. The van der Waals surface area contributed by atoms with E-state index in [2.05, 4.69) is 6.92 Å². The number of hydrogen-bond acceptors (Lipinski definition) is 3. The quantitative estimate of drug-likeness (QED) is 0.122. The molecule has 1 aliphatic heterocycles. The van der Waals surface area contributed by atoms with Crippen molar-refractivity contribution in [3.63, 3.8) is 0 Å². The largest absolute Gasteiger partial charge is 0.416 e. The second-order valence-corrected chi connectivity index (χ2v) is 13.0. The zero-order chi connectivity index (χ0) is 34.4.